The molecule has 2 aromatic rings. The summed E-state index contributed by atoms with van der Waals surface area (Å²) in [7, 11) is 0. The third-order valence-electron chi connectivity index (χ3n) is 3.39. The van der Waals surface area contributed by atoms with Gasteiger partial charge in [-0.25, -0.2) is 0 Å². The highest BCUT2D eigenvalue weighted by atomic mass is 16.2. The molecule has 0 aliphatic heterocycles. The van der Waals surface area contributed by atoms with Crippen molar-refractivity contribution in [2.45, 2.75) is 20.4 Å². The molecule has 1 aromatic heterocycles. The molecule has 0 fully saturated rings. The zero-order chi connectivity index (χ0) is 18.2. The third-order valence-corrected chi connectivity index (χ3v) is 3.39. The summed E-state index contributed by atoms with van der Waals surface area (Å²) in [6, 6.07) is 10.4. The number of pyridine rings is 1. The molecule has 0 radical (unpaired) electrons. The van der Waals surface area contributed by atoms with Crippen LogP contribution in [0.15, 0.2) is 48.8 Å². The standard InChI is InChI=1S/C18H20N4O3/c1-13(23)21-16-5-7-17(8-6-16)22(14(2)24)12-18(25)20-11-15-4-3-9-19-10-15/h3-10H,11-12H2,1-2H3,(H,20,25)(H,21,23). The van der Waals surface area contributed by atoms with Gasteiger partial charge in [-0.15, -0.1) is 0 Å². The summed E-state index contributed by atoms with van der Waals surface area (Å²) in [6.07, 6.45) is 3.33. The van der Waals surface area contributed by atoms with Crippen LogP contribution in [-0.2, 0) is 20.9 Å². The molecule has 25 heavy (non-hydrogen) atoms. The Morgan fingerprint density at radius 3 is 2.36 bits per heavy atom. The van der Waals surface area contributed by atoms with Crippen LogP contribution in [-0.4, -0.2) is 29.3 Å². The lowest BCUT2D eigenvalue weighted by Gasteiger charge is -2.21. The number of nitrogens with one attached hydrogen (secondary N) is 2. The van der Waals surface area contributed by atoms with Crippen LogP contribution in [0.2, 0.25) is 0 Å². The van der Waals surface area contributed by atoms with Gasteiger partial charge in [0.05, 0.1) is 0 Å². The van der Waals surface area contributed by atoms with E-state index >= 15 is 0 Å². The van der Waals surface area contributed by atoms with E-state index in [9.17, 15) is 14.4 Å². The number of benzene rings is 1. The first-order chi connectivity index (χ1) is 12.0. The van der Waals surface area contributed by atoms with E-state index in [1.165, 1.54) is 18.7 Å². The summed E-state index contributed by atoms with van der Waals surface area (Å²) in [6.45, 7) is 3.08. The average molecular weight is 340 g/mol. The Labute approximate surface area is 146 Å². The Hall–Kier alpha value is -3.22. The van der Waals surface area contributed by atoms with E-state index in [4.69, 9.17) is 0 Å². The van der Waals surface area contributed by atoms with Crippen molar-refractivity contribution < 1.29 is 14.4 Å². The van der Waals surface area contributed by atoms with Gasteiger partial charge in [-0.1, -0.05) is 6.07 Å². The highest BCUT2D eigenvalue weighted by Gasteiger charge is 2.15. The highest BCUT2D eigenvalue weighted by molar-refractivity contribution is 5.97. The maximum Gasteiger partial charge on any atom is 0.240 e. The van der Waals surface area contributed by atoms with E-state index in [-0.39, 0.29) is 24.3 Å². The highest BCUT2D eigenvalue weighted by Crippen LogP contribution is 2.18. The number of nitrogens with zero attached hydrogens (tertiary/aromatic N) is 2. The Kier molecular flexibility index (Phi) is 6.22. The van der Waals surface area contributed by atoms with Crippen molar-refractivity contribution in [2.24, 2.45) is 0 Å². The fourth-order valence-electron chi connectivity index (χ4n) is 2.22. The fraction of sp³-hybridized carbons (Fsp3) is 0.222. The van der Waals surface area contributed by atoms with Crippen molar-refractivity contribution in [3.05, 3.63) is 54.4 Å². The molecule has 1 heterocycles. The lowest BCUT2D eigenvalue weighted by molar-refractivity contribution is -0.123. The molecule has 0 aliphatic carbocycles. The van der Waals surface area contributed by atoms with E-state index in [0.717, 1.165) is 5.56 Å². The van der Waals surface area contributed by atoms with Gasteiger partial charge in [-0.3, -0.25) is 19.4 Å². The second kappa shape index (κ2) is 8.58. The molecular formula is C18H20N4O3. The fourth-order valence-corrected chi connectivity index (χ4v) is 2.22. The first kappa shape index (κ1) is 18.1. The van der Waals surface area contributed by atoms with Crippen LogP contribution in [0.4, 0.5) is 11.4 Å². The van der Waals surface area contributed by atoms with Crippen molar-refractivity contribution in [3.8, 4) is 0 Å². The van der Waals surface area contributed by atoms with Crippen LogP contribution >= 0.6 is 0 Å². The number of rotatable bonds is 6. The minimum atomic E-state index is -0.273. The number of anilines is 2. The monoisotopic (exact) mass is 340 g/mol. The summed E-state index contributed by atoms with van der Waals surface area (Å²) >= 11 is 0. The molecule has 0 atom stereocenters. The third kappa shape index (κ3) is 5.72. The van der Waals surface area contributed by atoms with Gasteiger partial charge in [0.15, 0.2) is 0 Å². The molecule has 0 spiro atoms. The van der Waals surface area contributed by atoms with Gasteiger partial charge in [0.2, 0.25) is 17.7 Å². The predicted octanol–water partition coefficient (Wildman–Crippen LogP) is 1.71. The molecule has 0 bridgehead atoms. The first-order valence-electron chi connectivity index (χ1n) is 7.77. The van der Waals surface area contributed by atoms with Crippen molar-refractivity contribution >= 4 is 29.1 Å². The summed E-state index contributed by atoms with van der Waals surface area (Å²) in [4.78, 5) is 40.4. The van der Waals surface area contributed by atoms with Crippen molar-refractivity contribution in [1.82, 2.24) is 10.3 Å². The molecular weight excluding hydrogens is 320 g/mol. The Bertz CT molecular complexity index is 745. The van der Waals surface area contributed by atoms with Gasteiger partial charge in [-0.05, 0) is 35.9 Å². The molecule has 0 saturated carbocycles. The minimum Gasteiger partial charge on any atom is -0.350 e. The maximum absolute atomic E-state index is 12.1. The zero-order valence-corrected chi connectivity index (χ0v) is 14.2. The van der Waals surface area contributed by atoms with Gasteiger partial charge >= 0.3 is 0 Å². The van der Waals surface area contributed by atoms with Crippen LogP contribution in [0, 0.1) is 0 Å². The summed E-state index contributed by atoms with van der Waals surface area (Å²) in [5, 5.41) is 5.41. The number of hydrogen-bond donors (Lipinski definition) is 2. The van der Waals surface area contributed by atoms with Crippen molar-refractivity contribution in [1.29, 1.82) is 0 Å². The number of carbonyl (C=O) groups excluding carboxylic acids is 3. The van der Waals surface area contributed by atoms with Crippen LogP contribution in [0.3, 0.4) is 0 Å². The normalized spacial score (nSPS) is 10.0. The summed E-state index contributed by atoms with van der Waals surface area (Å²) < 4.78 is 0. The molecule has 0 aliphatic rings. The van der Waals surface area contributed by atoms with Gasteiger partial charge < -0.3 is 15.5 Å². The number of aromatic nitrogens is 1. The smallest absolute Gasteiger partial charge is 0.240 e. The molecule has 1 aromatic carbocycles. The van der Waals surface area contributed by atoms with E-state index in [0.29, 0.717) is 17.9 Å². The molecule has 0 saturated heterocycles. The second-order valence-electron chi connectivity index (χ2n) is 5.47. The van der Waals surface area contributed by atoms with Crippen molar-refractivity contribution in [3.63, 3.8) is 0 Å². The molecule has 3 amide bonds. The minimum absolute atomic E-state index is 0.0882. The SMILES string of the molecule is CC(=O)Nc1ccc(N(CC(=O)NCc2cccnc2)C(C)=O)cc1. The van der Waals surface area contributed by atoms with Gasteiger partial charge in [0.1, 0.15) is 6.54 Å². The largest absolute Gasteiger partial charge is 0.350 e. The summed E-state index contributed by atoms with van der Waals surface area (Å²) in [5.74, 6) is -0.695. The van der Waals surface area contributed by atoms with Crippen LogP contribution < -0.4 is 15.5 Å². The molecule has 2 rings (SSSR count). The molecule has 7 nitrogen and oxygen atoms in total. The van der Waals surface area contributed by atoms with Crippen molar-refractivity contribution in [2.75, 3.05) is 16.8 Å². The summed E-state index contributed by atoms with van der Waals surface area (Å²) in [5.41, 5.74) is 2.09. The van der Waals surface area contributed by atoms with Crippen LogP contribution in [0.25, 0.3) is 0 Å². The Morgan fingerprint density at radius 2 is 1.80 bits per heavy atom. The second-order valence-corrected chi connectivity index (χ2v) is 5.47. The molecule has 2 N–H and O–H groups in total. The molecule has 130 valence electrons. The van der Waals surface area contributed by atoms with Crippen LogP contribution in [0.1, 0.15) is 19.4 Å². The number of carbonyl (C=O) groups is 3. The molecule has 0 unspecified atom stereocenters. The van der Waals surface area contributed by atoms with E-state index in [1.807, 2.05) is 6.07 Å². The van der Waals surface area contributed by atoms with Crippen LogP contribution in [0.5, 0.6) is 0 Å². The first-order valence-corrected chi connectivity index (χ1v) is 7.77. The van der Waals surface area contributed by atoms with Gasteiger partial charge in [0.25, 0.3) is 0 Å². The van der Waals surface area contributed by atoms with Gasteiger partial charge in [0, 0.05) is 44.2 Å². The Morgan fingerprint density at radius 1 is 1.08 bits per heavy atom. The number of amides is 3. The average Bonchev–Trinajstić information content (AvgIpc) is 2.59. The molecule has 7 heteroatoms. The lowest BCUT2D eigenvalue weighted by atomic mass is 10.2. The Balaban J connectivity index is 1.99. The topological polar surface area (TPSA) is 91.4 Å². The predicted molar refractivity (Wildman–Crippen MR) is 94.9 cm³/mol. The van der Waals surface area contributed by atoms with Gasteiger partial charge in [-0.2, -0.15) is 0 Å². The number of hydrogen-bond acceptors (Lipinski definition) is 4. The zero-order valence-electron chi connectivity index (χ0n) is 14.2. The quantitative estimate of drug-likeness (QED) is 0.837. The van der Waals surface area contributed by atoms with E-state index in [1.54, 1.807) is 42.7 Å². The van der Waals surface area contributed by atoms with E-state index in [2.05, 4.69) is 15.6 Å². The lowest BCUT2D eigenvalue weighted by Crippen LogP contribution is -2.39. The maximum atomic E-state index is 12.1. The van der Waals surface area contributed by atoms with E-state index < -0.39 is 0 Å².